The van der Waals surface area contributed by atoms with Crippen LogP contribution in [0.2, 0.25) is 5.02 Å². The molecule has 0 radical (unpaired) electrons. The summed E-state index contributed by atoms with van der Waals surface area (Å²) in [7, 11) is 0. The van der Waals surface area contributed by atoms with E-state index in [4.69, 9.17) is 25.5 Å². The van der Waals surface area contributed by atoms with Crippen LogP contribution in [0.25, 0.3) is 23.2 Å². The maximum atomic E-state index is 12.9. The third-order valence-electron chi connectivity index (χ3n) is 4.17. The van der Waals surface area contributed by atoms with E-state index in [-0.39, 0.29) is 18.9 Å². The van der Waals surface area contributed by atoms with Crippen LogP contribution in [0.3, 0.4) is 0 Å². The number of tetrazole rings is 1. The van der Waals surface area contributed by atoms with Gasteiger partial charge >= 0.3 is 5.97 Å². The summed E-state index contributed by atoms with van der Waals surface area (Å²) in [6.07, 6.45) is 3.02. The monoisotopic (exact) mass is 436 g/mol. The van der Waals surface area contributed by atoms with Gasteiger partial charge in [0.2, 0.25) is 0 Å². The molecule has 0 N–H and O–H groups in total. The molecule has 31 heavy (non-hydrogen) atoms. The number of carbonyl (C=O) groups is 1. The number of ether oxygens (including phenoxy) is 2. The van der Waals surface area contributed by atoms with Crippen molar-refractivity contribution in [3.8, 4) is 17.1 Å². The van der Waals surface area contributed by atoms with Gasteiger partial charge in [-0.3, -0.25) is 0 Å². The molecule has 0 atom stereocenters. The smallest absolute Gasteiger partial charge is 0.357 e. The molecule has 0 spiro atoms. The first kappa shape index (κ1) is 20.4. The first-order valence-corrected chi connectivity index (χ1v) is 9.74. The Bertz CT molecular complexity index is 1170. The van der Waals surface area contributed by atoms with Crippen LogP contribution in [-0.4, -0.2) is 39.4 Å². The lowest BCUT2D eigenvalue weighted by molar-refractivity contribution is -0.137. The van der Waals surface area contributed by atoms with Gasteiger partial charge in [-0.15, -0.1) is 5.10 Å². The lowest BCUT2D eigenvalue weighted by Gasteiger charge is -2.11. The summed E-state index contributed by atoms with van der Waals surface area (Å²) in [5, 5.41) is 12.2. The molecule has 0 bridgehead atoms. The van der Waals surface area contributed by atoms with E-state index >= 15 is 0 Å². The van der Waals surface area contributed by atoms with Crippen LogP contribution < -0.4 is 4.74 Å². The molecule has 0 unspecified atom stereocenters. The Kier molecular flexibility index (Phi) is 6.39. The van der Waals surface area contributed by atoms with Crippen molar-refractivity contribution in [1.82, 2.24) is 20.2 Å². The molecule has 4 aromatic rings. The Morgan fingerprint density at radius 1 is 1.03 bits per heavy atom. The summed E-state index contributed by atoms with van der Waals surface area (Å²) in [6.45, 7) is 0.132. The van der Waals surface area contributed by atoms with Crippen LogP contribution in [0.5, 0.6) is 5.75 Å². The zero-order valence-corrected chi connectivity index (χ0v) is 17.0. The number of hydrogen-bond acceptors (Lipinski definition) is 7. The zero-order chi connectivity index (χ0) is 21.5. The predicted octanol–water partition coefficient (Wildman–Crippen LogP) is 4.21. The third kappa shape index (κ3) is 4.99. The Morgan fingerprint density at radius 2 is 1.84 bits per heavy atom. The highest BCUT2D eigenvalue weighted by Gasteiger charge is 2.21. The number of para-hydroxylation sites is 1. The fraction of sp³-hybridized carbons (Fsp3) is 0.0909. The quantitative estimate of drug-likeness (QED) is 0.232. The van der Waals surface area contributed by atoms with Gasteiger partial charge in [0.1, 0.15) is 24.7 Å². The Labute approximate surface area is 182 Å². The van der Waals surface area contributed by atoms with Crippen LogP contribution in [0.4, 0.5) is 0 Å². The summed E-state index contributed by atoms with van der Waals surface area (Å²) in [4.78, 5) is 12.9. The van der Waals surface area contributed by atoms with Gasteiger partial charge in [0.05, 0.1) is 11.3 Å². The molecule has 0 amide bonds. The molecule has 0 saturated heterocycles. The van der Waals surface area contributed by atoms with Gasteiger partial charge in [0.15, 0.2) is 11.5 Å². The molecule has 156 valence electrons. The normalized spacial score (nSPS) is 11.3. The van der Waals surface area contributed by atoms with E-state index in [2.05, 4.69) is 15.5 Å². The van der Waals surface area contributed by atoms with E-state index < -0.39 is 5.97 Å². The second-order valence-corrected chi connectivity index (χ2v) is 6.65. The average Bonchev–Trinajstić information content (AvgIpc) is 3.48. The molecule has 0 aliphatic heterocycles. The van der Waals surface area contributed by atoms with Crippen molar-refractivity contribution >= 4 is 29.3 Å². The van der Waals surface area contributed by atoms with E-state index in [1.54, 1.807) is 36.4 Å². The zero-order valence-electron chi connectivity index (χ0n) is 16.2. The number of halogens is 1. The minimum Gasteiger partial charge on any atom is -0.488 e. The highest BCUT2D eigenvalue weighted by atomic mass is 35.5. The topological polar surface area (TPSA) is 92.3 Å². The molecule has 9 heteroatoms. The van der Waals surface area contributed by atoms with Gasteiger partial charge in [-0.2, -0.15) is 4.68 Å². The van der Waals surface area contributed by atoms with E-state index in [1.165, 1.54) is 17.0 Å². The average molecular weight is 437 g/mol. The molecular formula is C22H17ClN4O4. The summed E-state index contributed by atoms with van der Waals surface area (Å²) in [5.41, 5.74) is 0.837. The van der Waals surface area contributed by atoms with E-state index in [0.717, 1.165) is 5.56 Å². The number of furan rings is 1. The van der Waals surface area contributed by atoms with Crippen molar-refractivity contribution in [2.24, 2.45) is 0 Å². The van der Waals surface area contributed by atoms with E-state index in [0.29, 0.717) is 22.4 Å². The van der Waals surface area contributed by atoms with Gasteiger partial charge in [-0.1, -0.05) is 54.1 Å². The van der Waals surface area contributed by atoms with Crippen LogP contribution >= 0.6 is 11.6 Å². The Morgan fingerprint density at radius 3 is 2.61 bits per heavy atom. The van der Waals surface area contributed by atoms with E-state index in [9.17, 15) is 4.79 Å². The number of benzene rings is 2. The first-order chi connectivity index (χ1) is 15.2. The maximum Gasteiger partial charge on any atom is 0.357 e. The minimum atomic E-state index is -0.636. The number of aromatic nitrogens is 4. The number of nitrogens with zero attached hydrogens (tertiary/aromatic N) is 4. The molecule has 0 saturated carbocycles. The molecule has 8 nitrogen and oxygen atoms in total. The molecule has 2 heterocycles. The minimum absolute atomic E-state index is 0.00233. The predicted molar refractivity (Wildman–Crippen MR) is 114 cm³/mol. The fourth-order valence-electron chi connectivity index (χ4n) is 2.75. The van der Waals surface area contributed by atoms with Crippen molar-refractivity contribution in [3.63, 3.8) is 0 Å². The van der Waals surface area contributed by atoms with Crippen LogP contribution in [0, 0.1) is 0 Å². The van der Waals surface area contributed by atoms with Gasteiger partial charge in [-0.25, -0.2) is 4.79 Å². The molecule has 2 aromatic carbocycles. The largest absolute Gasteiger partial charge is 0.488 e. The van der Waals surface area contributed by atoms with Crippen molar-refractivity contribution in [3.05, 3.63) is 83.8 Å². The van der Waals surface area contributed by atoms with Crippen molar-refractivity contribution < 1.29 is 18.7 Å². The molecule has 0 aliphatic carbocycles. The van der Waals surface area contributed by atoms with Crippen LogP contribution in [-0.2, 0) is 9.53 Å². The standard InChI is InChI=1S/C22H17ClN4O4/c23-18-10-4-5-11-20(18)30-13-14-31-22(28)19(15-17-9-6-12-29-17)27-21(24-25-26-27)16-7-2-1-3-8-16/h1-12,15H,13-14H2/b19-15-. The lowest BCUT2D eigenvalue weighted by atomic mass is 10.2. The molecule has 0 aliphatic rings. The number of esters is 1. The Hall–Kier alpha value is -3.91. The van der Waals surface area contributed by atoms with Gasteiger partial charge < -0.3 is 13.9 Å². The summed E-state index contributed by atoms with van der Waals surface area (Å²) in [6, 6.07) is 19.8. The molecular weight excluding hydrogens is 420 g/mol. The summed E-state index contributed by atoms with van der Waals surface area (Å²) < 4.78 is 17.6. The SMILES string of the molecule is O=C(OCCOc1ccccc1Cl)/C(=C/c1ccco1)n1nnnc1-c1ccccc1. The lowest BCUT2D eigenvalue weighted by Crippen LogP contribution is -2.18. The van der Waals surface area contributed by atoms with Gasteiger partial charge in [0.25, 0.3) is 0 Å². The second kappa shape index (κ2) is 9.73. The van der Waals surface area contributed by atoms with Crippen LogP contribution in [0.1, 0.15) is 5.76 Å². The molecule has 4 rings (SSSR count). The summed E-state index contributed by atoms with van der Waals surface area (Å²) >= 11 is 6.06. The second-order valence-electron chi connectivity index (χ2n) is 6.24. The molecule has 0 fully saturated rings. The maximum absolute atomic E-state index is 12.9. The van der Waals surface area contributed by atoms with Crippen molar-refractivity contribution in [1.29, 1.82) is 0 Å². The Balaban J connectivity index is 1.52. The number of carbonyl (C=O) groups excluding carboxylic acids is 1. The van der Waals surface area contributed by atoms with Crippen molar-refractivity contribution in [2.75, 3.05) is 13.2 Å². The van der Waals surface area contributed by atoms with Gasteiger partial charge in [-0.05, 0) is 34.7 Å². The van der Waals surface area contributed by atoms with Crippen molar-refractivity contribution in [2.45, 2.75) is 0 Å². The van der Waals surface area contributed by atoms with Crippen LogP contribution in [0.15, 0.2) is 77.4 Å². The highest BCUT2D eigenvalue weighted by molar-refractivity contribution is 6.32. The molecule has 2 aromatic heterocycles. The number of hydrogen-bond donors (Lipinski definition) is 0. The van der Waals surface area contributed by atoms with Gasteiger partial charge in [0, 0.05) is 11.6 Å². The number of rotatable bonds is 8. The highest BCUT2D eigenvalue weighted by Crippen LogP contribution is 2.23. The third-order valence-corrected chi connectivity index (χ3v) is 4.48. The summed E-state index contributed by atoms with van der Waals surface area (Å²) in [5.74, 6) is 0.721. The fourth-order valence-corrected chi connectivity index (χ4v) is 2.94. The first-order valence-electron chi connectivity index (χ1n) is 9.36. The van der Waals surface area contributed by atoms with E-state index in [1.807, 2.05) is 30.3 Å².